The Bertz CT molecular complexity index is 961. The quantitative estimate of drug-likeness (QED) is 0.587. The maximum Gasteiger partial charge on any atom is 0.325 e. The Balaban J connectivity index is 1.31. The van der Waals surface area contributed by atoms with E-state index in [4.69, 9.17) is 9.72 Å². The van der Waals surface area contributed by atoms with E-state index in [0.717, 1.165) is 22.6 Å². The summed E-state index contributed by atoms with van der Waals surface area (Å²) < 4.78 is 5.40. The molecule has 4 aliphatic rings. The van der Waals surface area contributed by atoms with Crippen LogP contribution in [0.25, 0.3) is 0 Å². The van der Waals surface area contributed by atoms with Gasteiger partial charge in [0.1, 0.15) is 6.54 Å². The van der Waals surface area contributed by atoms with Crippen molar-refractivity contribution in [2.24, 2.45) is 0 Å². The number of piperidine rings is 1. The summed E-state index contributed by atoms with van der Waals surface area (Å²) in [5, 5.41) is 2.43. The van der Waals surface area contributed by atoms with Gasteiger partial charge in [-0.1, -0.05) is 0 Å². The molecule has 0 radical (unpaired) electrons. The highest BCUT2D eigenvalue weighted by atomic mass is 16.5. The van der Waals surface area contributed by atoms with Gasteiger partial charge in [0.2, 0.25) is 11.9 Å². The third-order valence-corrected chi connectivity index (χ3v) is 6.97. The number of aromatic amines is 1. The number of imide groups is 1. The van der Waals surface area contributed by atoms with Crippen LogP contribution >= 0.6 is 0 Å². The molecule has 4 amide bonds. The average molecular weight is 430 g/mol. The number of rotatable bonds is 3. The number of amides is 4. The zero-order valence-corrected chi connectivity index (χ0v) is 17.3. The lowest BCUT2D eigenvalue weighted by Gasteiger charge is -2.40. The van der Waals surface area contributed by atoms with Gasteiger partial charge in [0.05, 0.1) is 25.5 Å². The van der Waals surface area contributed by atoms with Crippen LogP contribution in [-0.4, -0.2) is 90.1 Å². The first kappa shape index (κ1) is 20.0. The highest BCUT2D eigenvalue weighted by molar-refractivity contribution is 6.04. The molecular weight excluding hydrogens is 404 g/mol. The number of H-pyrrole nitrogens is 1. The highest BCUT2D eigenvalue weighted by Crippen LogP contribution is 2.44. The molecular formula is C20H26N6O5. The molecule has 0 atom stereocenters. The largest absolute Gasteiger partial charge is 0.378 e. The minimum atomic E-state index is -0.518. The van der Waals surface area contributed by atoms with Gasteiger partial charge >= 0.3 is 6.03 Å². The number of hydrogen-bond donors (Lipinski definition) is 2. The molecule has 31 heavy (non-hydrogen) atoms. The topological polar surface area (TPSA) is 128 Å². The van der Waals surface area contributed by atoms with Crippen molar-refractivity contribution < 1.29 is 19.1 Å². The number of carbonyl (C=O) groups excluding carboxylic acids is 3. The van der Waals surface area contributed by atoms with Crippen molar-refractivity contribution in [1.82, 2.24) is 25.1 Å². The van der Waals surface area contributed by atoms with Gasteiger partial charge in [-0.15, -0.1) is 0 Å². The molecule has 11 nitrogen and oxygen atoms in total. The number of aromatic nitrogens is 2. The SMILES string of the molecule is O=C(CN1C(=O)CNC1=O)N1CCC2(CCc3c2nc(N2CCOCC2)[nH]c3=O)CC1. The fourth-order valence-corrected chi connectivity index (χ4v) is 5.09. The molecule has 3 saturated heterocycles. The van der Waals surface area contributed by atoms with Crippen molar-refractivity contribution in [2.75, 3.05) is 57.4 Å². The second-order valence-electron chi connectivity index (χ2n) is 8.62. The van der Waals surface area contributed by atoms with E-state index in [9.17, 15) is 19.2 Å². The summed E-state index contributed by atoms with van der Waals surface area (Å²) in [5.74, 6) is -0.00708. The van der Waals surface area contributed by atoms with E-state index in [1.54, 1.807) is 4.90 Å². The number of anilines is 1. The zero-order valence-electron chi connectivity index (χ0n) is 17.3. The molecule has 3 fully saturated rings. The van der Waals surface area contributed by atoms with Crippen LogP contribution in [0.15, 0.2) is 4.79 Å². The summed E-state index contributed by atoms with van der Waals surface area (Å²) in [6, 6.07) is -0.518. The summed E-state index contributed by atoms with van der Waals surface area (Å²) in [4.78, 5) is 61.4. The lowest BCUT2D eigenvalue weighted by atomic mass is 9.76. The normalized spacial score (nSPS) is 22.8. The molecule has 3 aliphatic heterocycles. The molecule has 1 aromatic rings. The van der Waals surface area contributed by atoms with Crippen LogP contribution in [0.5, 0.6) is 0 Å². The van der Waals surface area contributed by atoms with E-state index in [0.29, 0.717) is 64.6 Å². The number of urea groups is 1. The van der Waals surface area contributed by atoms with Gasteiger partial charge in [-0.05, 0) is 25.7 Å². The highest BCUT2D eigenvalue weighted by Gasteiger charge is 2.45. The number of nitrogens with zero attached hydrogens (tertiary/aromatic N) is 4. The standard InChI is InChI=1S/C20H26N6O5/c27-14-11-21-19(30)26(14)12-15(28)24-5-3-20(4-6-24)2-1-13-16(20)22-18(23-17(13)29)25-7-9-31-10-8-25/h1-12H2,(H,21,30)(H,22,23,29). The predicted octanol–water partition coefficient (Wildman–Crippen LogP) is -1.04. The average Bonchev–Trinajstić information content (AvgIpc) is 3.30. The Morgan fingerprint density at radius 3 is 2.48 bits per heavy atom. The second kappa shape index (κ2) is 7.63. The molecule has 0 saturated carbocycles. The molecule has 0 aromatic carbocycles. The minimum absolute atomic E-state index is 0.0578. The van der Waals surface area contributed by atoms with Crippen LogP contribution in [0, 0.1) is 0 Å². The zero-order chi connectivity index (χ0) is 21.6. The Kier molecular flexibility index (Phi) is 4.92. The van der Waals surface area contributed by atoms with Crippen molar-refractivity contribution in [2.45, 2.75) is 31.1 Å². The summed E-state index contributed by atoms with van der Waals surface area (Å²) in [6.07, 6.45) is 2.97. The maximum absolute atomic E-state index is 12.7. The van der Waals surface area contributed by atoms with Gasteiger partial charge < -0.3 is 19.9 Å². The lowest BCUT2D eigenvalue weighted by Crippen LogP contribution is -2.49. The molecule has 11 heteroatoms. The lowest BCUT2D eigenvalue weighted by molar-refractivity contribution is -0.137. The summed E-state index contributed by atoms with van der Waals surface area (Å²) in [7, 11) is 0. The van der Waals surface area contributed by atoms with Crippen molar-refractivity contribution in [3.63, 3.8) is 0 Å². The second-order valence-corrected chi connectivity index (χ2v) is 8.62. The Hall–Kier alpha value is -2.95. The van der Waals surface area contributed by atoms with E-state index in [-0.39, 0.29) is 35.9 Å². The van der Waals surface area contributed by atoms with Crippen molar-refractivity contribution >= 4 is 23.8 Å². The Labute approximate surface area is 178 Å². The Morgan fingerprint density at radius 1 is 1.06 bits per heavy atom. The summed E-state index contributed by atoms with van der Waals surface area (Å²) in [6.45, 7) is 3.36. The van der Waals surface area contributed by atoms with Crippen molar-refractivity contribution in [3.05, 3.63) is 21.6 Å². The number of likely N-dealkylation sites (tertiary alicyclic amines) is 1. The van der Waals surface area contributed by atoms with Crippen LogP contribution in [-0.2, 0) is 26.2 Å². The van der Waals surface area contributed by atoms with Crippen molar-refractivity contribution in [1.29, 1.82) is 0 Å². The van der Waals surface area contributed by atoms with E-state index in [1.807, 2.05) is 4.90 Å². The number of ether oxygens (including phenoxy) is 1. The van der Waals surface area contributed by atoms with Gasteiger partial charge in [-0.25, -0.2) is 9.78 Å². The van der Waals surface area contributed by atoms with Crippen molar-refractivity contribution in [3.8, 4) is 0 Å². The predicted molar refractivity (Wildman–Crippen MR) is 109 cm³/mol. The molecule has 5 rings (SSSR count). The number of carbonyl (C=O) groups is 3. The monoisotopic (exact) mass is 430 g/mol. The Morgan fingerprint density at radius 2 is 1.81 bits per heavy atom. The fourth-order valence-electron chi connectivity index (χ4n) is 5.09. The fraction of sp³-hybridized carbons (Fsp3) is 0.650. The van der Waals surface area contributed by atoms with Crippen LogP contribution in [0.2, 0.25) is 0 Å². The van der Waals surface area contributed by atoms with Gasteiger partial charge in [0, 0.05) is 37.2 Å². The van der Waals surface area contributed by atoms with Gasteiger partial charge in [0.25, 0.3) is 11.5 Å². The molecule has 1 aromatic heterocycles. The third-order valence-electron chi connectivity index (χ3n) is 6.97. The first-order chi connectivity index (χ1) is 15.0. The van der Waals surface area contributed by atoms with Crippen LogP contribution in [0.3, 0.4) is 0 Å². The number of hydrogen-bond acceptors (Lipinski definition) is 7. The molecule has 0 unspecified atom stereocenters. The first-order valence-electron chi connectivity index (χ1n) is 10.8. The van der Waals surface area contributed by atoms with Crippen LogP contribution < -0.4 is 15.8 Å². The smallest absolute Gasteiger partial charge is 0.325 e. The summed E-state index contributed by atoms with van der Waals surface area (Å²) >= 11 is 0. The van der Waals surface area contributed by atoms with Gasteiger partial charge in [-0.3, -0.25) is 24.3 Å². The van der Waals surface area contributed by atoms with E-state index in [1.165, 1.54) is 0 Å². The first-order valence-corrected chi connectivity index (χ1v) is 10.8. The number of nitrogens with one attached hydrogen (secondary N) is 2. The number of morpholine rings is 1. The van der Waals surface area contributed by atoms with E-state index in [2.05, 4.69) is 10.3 Å². The van der Waals surface area contributed by atoms with Crippen LogP contribution in [0.1, 0.15) is 30.5 Å². The summed E-state index contributed by atoms with van der Waals surface area (Å²) in [5.41, 5.74) is 1.36. The number of fused-ring (bicyclic) bond motifs is 2. The third kappa shape index (κ3) is 3.46. The molecule has 0 bridgehead atoms. The molecule has 4 heterocycles. The minimum Gasteiger partial charge on any atom is -0.378 e. The van der Waals surface area contributed by atoms with Gasteiger partial charge in [-0.2, -0.15) is 0 Å². The molecule has 2 N–H and O–H groups in total. The molecule has 166 valence electrons. The molecule has 1 aliphatic carbocycles. The van der Waals surface area contributed by atoms with Crippen LogP contribution in [0.4, 0.5) is 10.7 Å². The van der Waals surface area contributed by atoms with Gasteiger partial charge in [0.15, 0.2) is 0 Å². The maximum atomic E-state index is 12.7. The van der Waals surface area contributed by atoms with E-state index >= 15 is 0 Å². The molecule has 1 spiro atoms. The van der Waals surface area contributed by atoms with E-state index < -0.39 is 6.03 Å².